The minimum atomic E-state index is 1.02. The molecule has 19 heavy (non-hydrogen) atoms. The summed E-state index contributed by atoms with van der Waals surface area (Å²) in [5.41, 5.74) is 1.36. The predicted molar refractivity (Wildman–Crippen MR) is 87.7 cm³/mol. The Morgan fingerprint density at radius 2 is 1.53 bits per heavy atom. The molecule has 0 saturated heterocycles. The molecule has 2 heteroatoms. The molecule has 0 fully saturated rings. The van der Waals surface area contributed by atoms with Gasteiger partial charge in [0.2, 0.25) is 0 Å². The van der Waals surface area contributed by atoms with Crippen LogP contribution in [0.4, 0.5) is 0 Å². The largest absolute Gasteiger partial charge is 0.121 e. The van der Waals surface area contributed by atoms with Gasteiger partial charge < -0.3 is 0 Å². The third kappa shape index (κ3) is 3.20. The predicted octanol–water partition coefficient (Wildman–Crippen LogP) is 5.89. The third-order valence-electron chi connectivity index (χ3n) is 3.02. The van der Waals surface area contributed by atoms with Crippen molar-refractivity contribution in [3.8, 4) is 0 Å². The summed E-state index contributed by atoms with van der Waals surface area (Å²) in [6.07, 6.45) is 0. The van der Waals surface area contributed by atoms with Gasteiger partial charge in [-0.3, -0.25) is 0 Å². The van der Waals surface area contributed by atoms with Gasteiger partial charge >= 0.3 is 0 Å². The lowest BCUT2D eigenvalue weighted by Gasteiger charge is -2.04. The van der Waals surface area contributed by atoms with Crippen molar-refractivity contribution in [1.82, 2.24) is 0 Å². The summed E-state index contributed by atoms with van der Waals surface area (Å²) >= 11 is 5.39. The molecule has 0 unspecified atom stereocenters. The summed E-state index contributed by atoms with van der Waals surface area (Å²) in [5.74, 6) is 1.02. The summed E-state index contributed by atoms with van der Waals surface area (Å²) in [6.45, 7) is 0. The van der Waals surface area contributed by atoms with Crippen molar-refractivity contribution >= 4 is 38.5 Å². The Balaban J connectivity index is 1.80. The fourth-order valence-electron chi connectivity index (χ4n) is 2.03. The summed E-state index contributed by atoms with van der Waals surface area (Å²) in [7, 11) is 0. The van der Waals surface area contributed by atoms with Crippen LogP contribution in [0.25, 0.3) is 10.8 Å². The van der Waals surface area contributed by atoms with Gasteiger partial charge in [-0.1, -0.05) is 58.4 Å². The van der Waals surface area contributed by atoms with E-state index in [4.69, 9.17) is 0 Å². The maximum atomic E-state index is 3.51. The summed E-state index contributed by atoms with van der Waals surface area (Å²) in [5, 5.41) is 2.57. The van der Waals surface area contributed by atoms with Crippen LogP contribution in [0.15, 0.2) is 76.1 Å². The molecule has 0 atom stereocenters. The standard InChI is InChI=1S/C17H13BrS/c18-16-8-6-15-11-17(9-7-14(15)10-16)19-12-13-4-2-1-3-5-13/h1-11H,12H2. The van der Waals surface area contributed by atoms with Gasteiger partial charge in [0.05, 0.1) is 0 Å². The minimum Gasteiger partial charge on any atom is -0.121 e. The number of thioether (sulfide) groups is 1. The second-order valence-electron chi connectivity index (χ2n) is 4.43. The van der Waals surface area contributed by atoms with Crippen molar-refractivity contribution in [1.29, 1.82) is 0 Å². The molecule has 0 aliphatic rings. The van der Waals surface area contributed by atoms with Gasteiger partial charge in [-0.2, -0.15) is 0 Å². The van der Waals surface area contributed by atoms with Gasteiger partial charge in [-0.25, -0.2) is 0 Å². The highest BCUT2D eigenvalue weighted by Gasteiger charge is 1.99. The Morgan fingerprint density at radius 1 is 0.789 bits per heavy atom. The molecule has 0 heterocycles. The molecule has 94 valence electrons. The Kier molecular flexibility index (Phi) is 3.90. The van der Waals surface area contributed by atoms with Crippen LogP contribution < -0.4 is 0 Å². The summed E-state index contributed by atoms with van der Waals surface area (Å²) < 4.78 is 1.13. The molecule has 0 aliphatic heterocycles. The van der Waals surface area contributed by atoms with E-state index < -0.39 is 0 Å². The van der Waals surface area contributed by atoms with E-state index in [0.717, 1.165) is 10.2 Å². The Hall–Kier alpha value is -1.25. The van der Waals surface area contributed by atoms with E-state index in [9.17, 15) is 0 Å². The van der Waals surface area contributed by atoms with Crippen molar-refractivity contribution in [2.75, 3.05) is 0 Å². The Morgan fingerprint density at radius 3 is 2.37 bits per heavy atom. The zero-order chi connectivity index (χ0) is 13.1. The van der Waals surface area contributed by atoms with Crippen LogP contribution in [0.5, 0.6) is 0 Å². The lowest BCUT2D eigenvalue weighted by Crippen LogP contribution is -1.80. The van der Waals surface area contributed by atoms with Crippen LogP contribution in [0, 0.1) is 0 Å². The van der Waals surface area contributed by atoms with Crippen LogP contribution >= 0.6 is 27.7 Å². The van der Waals surface area contributed by atoms with E-state index in [0.29, 0.717) is 0 Å². The molecule has 0 spiro atoms. The average molecular weight is 329 g/mol. The lowest BCUT2D eigenvalue weighted by molar-refractivity contribution is 1.39. The first-order valence-electron chi connectivity index (χ1n) is 6.17. The van der Waals surface area contributed by atoms with E-state index in [2.05, 4.69) is 82.7 Å². The highest BCUT2D eigenvalue weighted by atomic mass is 79.9. The number of halogens is 1. The first kappa shape index (κ1) is 12.8. The number of benzene rings is 3. The van der Waals surface area contributed by atoms with Crippen LogP contribution in [-0.4, -0.2) is 0 Å². The maximum Gasteiger partial charge on any atom is 0.0231 e. The summed E-state index contributed by atoms with van der Waals surface area (Å²) in [4.78, 5) is 1.32. The molecule has 0 bridgehead atoms. The van der Waals surface area contributed by atoms with E-state index in [1.165, 1.54) is 21.2 Å². The zero-order valence-corrected chi connectivity index (χ0v) is 12.7. The van der Waals surface area contributed by atoms with Crippen LogP contribution in [0.2, 0.25) is 0 Å². The zero-order valence-electron chi connectivity index (χ0n) is 10.3. The fraction of sp³-hybridized carbons (Fsp3) is 0.0588. The summed E-state index contributed by atoms with van der Waals surface area (Å²) in [6, 6.07) is 23.6. The van der Waals surface area contributed by atoms with Gasteiger partial charge in [0, 0.05) is 15.1 Å². The van der Waals surface area contributed by atoms with E-state index in [-0.39, 0.29) is 0 Å². The van der Waals surface area contributed by atoms with Gasteiger partial charge in [0.25, 0.3) is 0 Å². The maximum absolute atomic E-state index is 3.51. The second kappa shape index (κ2) is 5.81. The molecule has 3 rings (SSSR count). The Labute approximate surface area is 126 Å². The highest BCUT2D eigenvalue weighted by Crippen LogP contribution is 2.27. The van der Waals surface area contributed by atoms with Crippen LogP contribution in [0.3, 0.4) is 0 Å². The average Bonchev–Trinajstić information content (AvgIpc) is 2.46. The second-order valence-corrected chi connectivity index (χ2v) is 6.39. The molecule has 0 amide bonds. The van der Waals surface area contributed by atoms with E-state index >= 15 is 0 Å². The topological polar surface area (TPSA) is 0 Å². The van der Waals surface area contributed by atoms with Crippen molar-refractivity contribution in [3.05, 3.63) is 76.8 Å². The van der Waals surface area contributed by atoms with Crippen LogP contribution in [0.1, 0.15) is 5.56 Å². The highest BCUT2D eigenvalue weighted by molar-refractivity contribution is 9.10. The molecule has 0 N–H and O–H groups in total. The number of fused-ring (bicyclic) bond motifs is 1. The van der Waals surface area contributed by atoms with Crippen LogP contribution in [-0.2, 0) is 5.75 Å². The molecular weight excluding hydrogens is 316 g/mol. The fourth-order valence-corrected chi connectivity index (χ4v) is 3.30. The first-order valence-corrected chi connectivity index (χ1v) is 7.95. The smallest absolute Gasteiger partial charge is 0.0231 e. The van der Waals surface area contributed by atoms with E-state index in [1.807, 2.05) is 11.8 Å². The van der Waals surface area contributed by atoms with Gasteiger partial charge in [-0.15, -0.1) is 11.8 Å². The molecule has 0 aliphatic carbocycles. The number of hydrogen-bond acceptors (Lipinski definition) is 1. The monoisotopic (exact) mass is 328 g/mol. The molecule has 0 radical (unpaired) electrons. The third-order valence-corrected chi connectivity index (χ3v) is 4.58. The van der Waals surface area contributed by atoms with Crippen molar-refractivity contribution in [3.63, 3.8) is 0 Å². The minimum absolute atomic E-state index is 1.02. The molecule has 0 saturated carbocycles. The molecule has 3 aromatic rings. The van der Waals surface area contributed by atoms with Gasteiger partial charge in [-0.05, 0) is 40.6 Å². The number of rotatable bonds is 3. The normalized spacial score (nSPS) is 10.8. The van der Waals surface area contributed by atoms with Crippen molar-refractivity contribution in [2.24, 2.45) is 0 Å². The quantitative estimate of drug-likeness (QED) is 0.540. The number of hydrogen-bond donors (Lipinski definition) is 0. The first-order chi connectivity index (χ1) is 9.31. The Bertz CT molecular complexity index is 692. The molecule has 0 aromatic heterocycles. The molecule has 0 nitrogen and oxygen atoms in total. The van der Waals surface area contributed by atoms with Gasteiger partial charge in [0.15, 0.2) is 0 Å². The SMILES string of the molecule is Brc1ccc2cc(SCc3ccccc3)ccc2c1. The van der Waals surface area contributed by atoms with Crippen molar-refractivity contribution < 1.29 is 0 Å². The molecule has 3 aromatic carbocycles. The molecular formula is C17H13BrS. The van der Waals surface area contributed by atoms with Crippen molar-refractivity contribution in [2.45, 2.75) is 10.6 Å². The van der Waals surface area contributed by atoms with E-state index in [1.54, 1.807) is 0 Å². The van der Waals surface area contributed by atoms with Gasteiger partial charge in [0.1, 0.15) is 0 Å². The lowest BCUT2D eigenvalue weighted by atomic mass is 10.1.